The normalized spacial score (nSPS) is 36.2. The van der Waals surface area contributed by atoms with Crippen LogP contribution in [0, 0.1) is 17.3 Å². The molecule has 0 unspecified atom stereocenters. The molecule has 0 aromatic carbocycles. The zero-order valence-electron chi connectivity index (χ0n) is 10.7. The Morgan fingerprint density at radius 2 is 1.53 bits per heavy atom. The summed E-state index contributed by atoms with van der Waals surface area (Å²) in [6, 6.07) is 0. The topological polar surface area (TPSA) is 38.7 Å². The fourth-order valence-electron chi connectivity index (χ4n) is 2.13. The zero-order valence-corrected chi connectivity index (χ0v) is 10.7. The number of ether oxygens (including phenoxy) is 2. The summed E-state index contributed by atoms with van der Waals surface area (Å²) >= 11 is 0. The lowest BCUT2D eigenvalue weighted by Crippen LogP contribution is -2.55. The summed E-state index contributed by atoms with van der Waals surface area (Å²) in [5.41, 5.74) is -0.348. The molecule has 3 heteroatoms. The first-order valence-electron chi connectivity index (χ1n) is 5.75. The summed E-state index contributed by atoms with van der Waals surface area (Å²) in [4.78, 5) is 0. The Balaban J connectivity index is 2.82. The van der Waals surface area contributed by atoms with E-state index in [4.69, 9.17) is 9.47 Å². The summed E-state index contributed by atoms with van der Waals surface area (Å²) in [6.07, 6.45) is -1.000. The van der Waals surface area contributed by atoms with Crippen LogP contribution in [0.4, 0.5) is 0 Å². The van der Waals surface area contributed by atoms with Gasteiger partial charge in [-0.15, -0.1) is 0 Å². The van der Waals surface area contributed by atoms with E-state index >= 15 is 0 Å². The molecule has 0 spiro atoms. The first-order valence-corrected chi connectivity index (χ1v) is 5.75. The average Bonchev–Trinajstić information content (AvgIpc) is 2.08. The largest absolute Gasteiger partial charge is 0.367 e. The maximum Gasteiger partial charge on any atom is 0.165 e. The van der Waals surface area contributed by atoms with Crippen molar-refractivity contribution < 1.29 is 14.6 Å². The first-order chi connectivity index (χ1) is 6.76. The van der Waals surface area contributed by atoms with E-state index in [0.29, 0.717) is 5.92 Å². The summed E-state index contributed by atoms with van der Waals surface area (Å²) in [5, 5.41) is 9.97. The van der Waals surface area contributed by atoms with E-state index in [9.17, 15) is 5.11 Å². The van der Waals surface area contributed by atoms with Gasteiger partial charge in [-0.2, -0.15) is 0 Å². The molecule has 0 amide bonds. The van der Waals surface area contributed by atoms with Crippen molar-refractivity contribution in [2.45, 2.75) is 60.2 Å². The molecule has 0 radical (unpaired) electrons. The molecule has 1 aliphatic heterocycles. The Labute approximate surface area is 92.8 Å². The van der Waals surface area contributed by atoms with Gasteiger partial charge in [0.2, 0.25) is 0 Å². The van der Waals surface area contributed by atoms with Gasteiger partial charge >= 0.3 is 0 Å². The van der Waals surface area contributed by atoms with E-state index in [2.05, 4.69) is 13.8 Å². The van der Waals surface area contributed by atoms with Crippen molar-refractivity contribution in [3.63, 3.8) is 0 Å². The van der Waals surface area contributed by atoms with Crippen LogP contribution in [-0.4, -0.2) is 23.8 Å². The van der Waals surface area contributed by atoms with E-state index in [1.54, 1.807) is 0 Å². The predicted molar refractivity (Wildman–Crippen MR) is 59.2 cm³/mol. The molecular weight excluding hydrogens is 192 g/mol. The number of hydrogen-bond acceptors (Lipinski definition) is 3. The second-order valence-corrected chi connectivity index (χ2v) is 5.72. The van der Waals surface area contributed by atoms with Crippen molar-refractivity contribution in [3.05, 3.63) is 0 Å². The van der Waals surface area contributed by atoms with Crippen molar-refractivity contribution in [3.8, 4) is 0 Å². The number of rotatable bonds is 2. The summed E-state index contributed by atoms with van der Waals surface area (Å²) in [5.74, 6) is 0.636. The third kappa shape index (κ3) is 2.52. The highest BCUT2D eigenvalue weighted by atomic mass is 16.7. The molecule has 1 heterocycles. The van der Waals surface area contributed by atoms with Gasteiger partial charge in [0, 0.05) is 11.3 Å². The molecule has 1 N–H and O–H groups in total. The van der Waals surface area contributed by atoms with Gasteiger partial charge in [0.05, 0.1) is 6.10 Å². The van der Waals surface area contributed by atoms with E-state index in [1.807, 2.05) is 27.7 Å². The molecule has 90 valence electrons. The van der Waals surface area contributed by atoms with E-state index in [0.717, 1.165) is 0 Å². The van der Waals surface area contributed by atoms with Crippen molar-refractivity contribution >= 4 is 0 Å². The standard InChI is InChI=1S/C12H24O3/c1-7(2)9-12(5,6)11(13)15-10(14-9)8(3)4/h7-11,13H,1-6H3/t9-,10-,11-/m1/s1. The first kappa shape index (κ1) is 12.9. The smallest absolute Gasteiger partial charge is 0.165 e. The third-order valence-corrected chi connectivity index (χ3v) is 3.06. The van der Waals surface area contributed by atoms with Crippen LogP contribution in [-0.2, 0) is 9.47 Å². The second kappa shape index (κ2) is 4.40. The average molecular weight is 216 g/mol. The molecule has 15 heavy (non-hydrogen) atoms. The van der Waals surface area contributed by atoms with Gasteiger partial charge < -0.3 is 14.6 Å². The molecule has 0 aromatic rings. The highest BCUT2D eigenvalue weighted by Crippen LogP contribution is 2.39. The summed E-state index contributed by atoms with van der Waals surface area (Å²) in [6.45, 7) is 12.3. The van der Waals surface area contributed by atoms with Gasteiger partial charge in [-0.3, -0.25) is 0 Å². The fourth-order valence-corrected chi connectivity index (χ4v) is 2.13. The van der Waals surface area contributed by atoms with Gasteiger partial charge in [-0.25, -0.2) is 0 Å². The summed E-state index contributed by atoms with van der Waals surface area (Å²) < 4.78 is 11.4. The van der Waals surface area contributed by atoms with E-state index in [-0.39, 0.29) is 23.7 Å². The second-order valence-electron chi connectivity index (χ2n) is 5.72. The van der Waals surface area contributed by atoms with Gasteiger partial charge in [-0.1, -0.05) is 41.5 Å². The van der Waals surface area contributed by atoms with E-state index < -0.39 is 6.29 Å². The van der Waals surface area contributed by atoms with Crippen LogP contribution in [0.5, 0.6) is 0 Å². The Kier molecular flexibility index (Phi) is 3.80. The van der Waals surface area contributed by atoms with Crippen molar-refractivity contribution in [2.75, 3.05) is 0 Å². The molecule has 1 aliphatic rings. The van der Waals surface area contributed by atoms with Crippen LogP contribution in [0.1, 0.15) is 41.5 Å². The Morgan fingerprint density at radius 3 is 1.93 bits per heavy atom. The molecule has 1 rings (SSSR count). The zero-order chi connectivity index (χ0) is 11.8. The lowest BCUT2D eigenvalue weighted by atomic mass is 9.79. The van der Waals surface area contributed by atoms with Crippen LogP contribution >= 0.6 is 0 Å². The van der Waals surface area contributed by atoms with Crippen LogP contribution < -0.4 is 0 Å². The molecule has 3 atom stereocenters. The molecule has 3 nitrogen and oxygen atoms in total. The van der Waals surface area contributed by atoms with Gasteiger partial charge in [0.15, 0.2) is 12.6 Å². The SMILES string of the molecule is CC(C)[C@H]1O[C@@H](O)C(C)(C)[C@@H](C(C)C)O1. The molecule has 1 fully saturated rings. The minimum absolute atomic E-state index is 0.0358. The van der Waals surface area contributed by atoms with Crippen LogP contribution in [0.25, 0.3) is 0 Å². The lowest BCUT2D eigenvalue weighted by molar-refractivity contribution is -0.362. The van der Waals surface area contributed by atoms with Gasteiger partial charge in [-0.05, 0) is 5.92 Å². The Bertz CT molecular complexity index is 211. The van der Waals surface area contributed by atoms with Crippen LogP contribution in [0.15, 0.2) is 0 Å². The van der Waals surface area contributed by atoms with Crippen LogP contribution in [0.2, 0.25) is 0 Å². The minimum atomic E-state index is -0.744. The molecule has 0 aromatic heterocycles. The maximum absolute atomic E-state index is 9.97. The molecule has 1 saturated heterocycles. The molecular formula is C12H24O3. The highest BCUT2D eigenvalue weighted by Gasteiger charge is 2.46. The Morgan fingerprint density at radius 1 is 1.00 bits per heavy atom. The number of aliphatic hydroxyl groups is 1. The highest BCUT2D eigenvalue weighted by molar-refractivity contribution is 4.87. The van der Waals surface area contributed by atoms with Crippen molar-refractivity contribution in [1.29, 1.82) is 0 Å². The molecule has 0 saturated carbocycles. The van der Waals surface area contributed by atoms with Gasteiger partial charge in [0.1, 0.15) is 0 Å². The fraction of sp³-hybridized carbons (Fsp3) is 1.00. The van der Waals surface area contributed by atoms with Gasteiger partial charge in [0.25, 0.3) is 0 Å². The monoisotopic (exact) mass is 216 g/mol. The van der Waals surface area contributed by atoms with Crippen molar-refractivity contribution in [2.24, 2.45) is 17.3 Å². The van der Waals surface area contributed by atoms with E-state index in [1.165, 1.54) is 0 Å². The van der Waals surface area contributed by atoms with Crippen LogP contribution in [0.3, 0.4) is 0 Å². The maximum atomic E-state index is 9.97. The van der Waals surface area contributed by atoms with Crippen molar-refractivity contribution in [1.82, 2.24) is 0 Å². The molecule has 0 aliphatic carbocycles. The quantitative estimate of drug-likeness (QED) is 0.770. The number of hydrogen-bond donors (Lipinski definition) is 1. The summed E-state index contributed by atoms with van der Waals surface area (Å²) in [7, 11) is 0. The minimum Gasteiger partial charge on any atom is -0.367 e. The molecule has 0 bridgehead atoms. The lowest BCUT2D eigenvalue weighted by Gasteiger charge is -2.48. The predicted octanol–water partition coefficient (Wildman–Crippen LogP) is 2.38. The number of aliphatic hydroxyl groups excluding tert-OH is 1. The Hall–Kier alpha value is -0.120. The third-order valence-electron chi connectivity index (χ3n) is 3.06.